The number of nitrogens with one attached hydrogen (secondary N) is 1. The molecule has 30 heavy (non-hydrogen) atoms. The lowest BCUT2D eigenvalue weighted by molar-refractivity contribution is 0.0504. The van der Waals surface area contributed by atoms with Gasteiger partial charge < -0.3 is 10.2 Å². The molecular formula is C22H30F2N4OS. The molecule has 0 bridgehead atoms. The number of hydrogen-bond acceptors (Lipinski definition) is 4. The third-order valence-electron chi connectivity index (χ3n) is 6.23. The van der Waals surface area contributed by atoms with E-state index in [9.17, 15) is 13.6 Å². The number of anilines is 1. The maximum absolute atomic E-state index is 13.9. The Kier molecular flexibility index (Phi) is 5.64. The zero-order valence-corrected chi connectivity index (χ0v) is 18.8. The van der Waals surface area contributed by atoms with Crippen molar-refractivity contribution < 1.29 is 13.6 Å². The highest BCUT2D eigenvalue weighted by Crippen LogP contribution is 2.38. The minimum atomic E-state index is -2.48. The Morgan fingerprint density at radius 2 is 2.10 bits per heavy atom. The summed E-state index contributed by atoms with van der Waals surface area (Å²) in [6, 6.07) is 2.80. The molecule has 4 heterocycles. The molecule has 0 aromatic carbocycles. The molecule has 5 nitrogen and oxygen atoms in total. The molecule has 4 rings (SSSR count). The van der Waals surface area contributed by atoms with E-state index >= 15 is 0 Å². The summed E-state index contributed by atoms with van der Waals surface area (Å²) in [5.41, 5.74) is 1.33. The Morgan fingerprint density at radius 3 is 2.73 bits per heavy atom. The number of fused-ring (bicyclic) bond motifs is 1. The first-order valence-corrected chi connectivity index (χ1v) is 11.5. The van der Waals surface area contributed by atoms with Crippen molar-refractivity contribution in [2.24, 2.45) is 5.92 Å². The van der Waals surface area contributed by atoms with E-state index < -0.39 is 12.5 Å². The minimum Gasteiger partial charge on any atom is -0.367 e. The molecule has 2 aliphatic heterocycles. The van der Waals surface area contributed by atoms with Gasteiger partial charge in [-0.2, -0.15) is 5.10 Å². The van der Waals surface area contributed by atoms with E-state index in [4.69, 9.17) is 0 Å². The lowest BCUT2D eigenvalue weighted by Crippen LogP contribution is -2.48. The monoisotopic (exact) mass is 436 g/mol. The minimum absolute atomic E-state index is 0.0466. The van der Waals surface area contributed by atoms with Gasteiger partial charge in [-0.05, 0) is 38.2 Å². The molecule has 0 radical (unpaired) electrons. The van der Waals surface area contributed by atoms with Crippen LogP contribution >= 0.6 is 11.3 Å². The number of amides is 1. The van der Waals surface area contributed by atoms with E-state index in [-0.39, 0.29) is 23.3 Å². The lowest BCUT2D eigenvalue weighted by atomic mass is 9.85. The van der Waals surface area contributed by atoms with Crippen LogP contribution in [-0.4, -0.2) is 46.1 Å². The number of carbonyl (C=O) groups is 1. The van der Waals surface area contributed by atoms with Gasteiger partial charge in [-0.25, -0.2) is 13.5 Å². The van der Waals surface area contributed by atoms with Gasteiger partial charge in [0, 0.05) is 40.9 Å². The van der Waals surface area contributed by atoms with E-state index in [1.165, 1.54) is 4.68 Å². The summed E-state index contributed by atoms with van der Waals surface area (Å²) < 4.78 is 29.3. The Bertz CT molecular complexity index is 917. The highest BCUT2D eigenvalue weighted by Gasteiger charge is 2.39. The number of likely N-dealkylation sites (tertiary alicyclic amines) is 1. The zero-order valence-electron chi connectivity index (χ0n) is 18.0. The zero-order chi connectivity index (χ0) is 21.6. The van der Waals surface area contributed by atoms with E-state index in [2.05, 4.69) is 10.4 Å². The SMILES string of the molecule is Cc1cc(C(=O)N2CCCC([C@@H]3C[C@H](C(F)F)n4nc(C(C)(C)C)cc4N3)C2)cs1. The molecule has 1 N–H and O–H groups in total. The summed E-state index contributed by atoms with van der Waals surface area (Å²) in [7, 11) is 0. The van der Waals surface area contributed by atoms with Gasteiger partial charge >= 0.3 is 0 Å². The van der Waals surface area contributed by atoms with Crippen LogP contribution in [0.2, 0.25) is 0 Å². The van der Waals surface area contributed by atoms with Crippen LogP contribution in [0.3, 0.4) is 0 Å². The number of thiophene rings is 1. The fourth-order valence-electron chi connectivity index (χ4n) is 4.51. The molecule has 164 valence electrons. The molecule has 1 fully saturated rings. The number of carbonyl (C=O) groups excluding carboxylic acids is 1. The van der Waals surface area contributed by atoms with E-state index in [1.807, 2.05) is 50.1 Å². The predicted octanol–water partition coefficient (Wildman–Crippen LogP) is 5.09. The number of piperidine rings is 1. The Morgan fingerprint density at radius 1 is 1.33 bits per heavy atom. The first-order valence-electron chi connectivity index (χ1n) is 10.6. The fourth-order valence-corrected chi connectivity index (χ4v) is 5.19. The number of hydrogen-bond donors (Lipinski definition) is 1. The van der Waals surface area contributed by atoms with Crippen molar-refractivity contribution in [3.63, 3.8) is 0 Å². The summed E-state index contributed by atoms with van der Waals surface area (Å²) in [6.07, 6.45) is -0.333. The third kappa shape index (κ3) is 4.11. The van der Waals surface area contributed by atoms with Crippen molar-refractivity contribution in [2.75, 3.05) is 18.4 Å². The highest BCUT2D eigenvalue weighted by atomic mass is 32.1. The second-order valence-electron chi connectivity index (χ2n) is 9.60. The molecule has 0 saturated carbocycles. The molecule has 3 atom stereocenters. The van der Waals surface area contributed by atoms with Gasteiger partial charge in [0.1, 0.15) is 11.9 Å². The van der Waals surface area contributed by atoms with Gasteiger partial charge in [0.05, 0.1) is 11.3 Å². The Hall–Kier alpha value is -1.96. The number of rotatable bonds is 3. The van der Waals surface area contributed by atoms with Crippen LogP contribution < -0.4 is 5.32 Å². The van der Waals surface area contributed by atoms with Crippen LogP contribution in [0.1, 0.15) is 67.0 Å². The van der Waals surface area contributed by atoms with Crippen molar-refractivity contribution in [3.8, 4) is 0 Å². The predicted molar refractivity (Wildman–Crippen MR) is 116 cm³/mol. The first-order chi connectivity index (χ1) is 14.1. The van der Waals surface area contributed by atoms with Gasteiger partial charge in [0.15, 0.2) is 0 Å². The van der Waals surface area contributed by atoms with Crippen molar-refractivity contribution in [1.82, 2.24) is 14.7 Å². The molecule has 2 aromatic rings. The van der Waals surface area contributed by atoms with Crippen LogP contribution in [-0.2, 0) is 5.41 Å². The van der Waals surface area contributed by atoms with Gasteiger partial charge in [-0.1, -0.05) is 20.8 Å². The highest BCUT2D eigenvalue weighted by molar-refractivity contribution is 7.10. The van der Waals surface area contributed by atoms with Gasteiger partial charge in [-0.15, -0.1) is 11.3 Å². The summed E-state index contributed by atoms with van der Waals surface area (Å²) >= 11 is 1.57. The summed E-state index contributed by atoms with van der Waals surface area (Å²) in [6.45, 7) is 9.42. The molecule has 1 unspecified atom stereocenters. The molecule has 2 aromatic heterocycles. The van der Waals surface area contributed by atoms with Crippen LogP contribution in [0.4, 0.5) is 14.6 Å². The third-order valence-corrected chi connectivity index (χ3v) is 7.09. The Labute approximate surface area is 180 Å². The van der Waals surface area contributed by atoms with Crippen LogP contribution in [0.25, 0.3) is 0 Å². The Balaban J connectivity index is 1.53. The molecule has 0 spiro atoms. The molecular weight excluding hydrogens is 406 g/mol. The maximum atomic E-state index is 13.9. The molecule has 8 heteroatoms. The number of alkyl halides is 2. The average Bonchev–Trinajstić information content (AvgIpc) is 3.32. The number of aromatic nitrogens is 2. The van der Waals surface area contributed by atoms with Crippen molar-refractivity contribution in [3.05, 3.63) is 33.6 Å². The average molecular weight is 437 g/mol. The molecule has 2 aliphatic rings. The molecule has 0 aliphatic carbocycles. The van der Waals surface area contributed by atoms with E-state index in [0.29, 0.717) is 18.8 Å². The number of nitrogens with zero attached hydrogens (tertiary/aromatic N) is 3. The van der Waals surface area contributed by atoms with Crippen LogP contribution in [0.15, 0.2) is 17.5 Å². The second-order valence-corrected chi connectivity index (χ2v) is 10.7. The van der Waals surface area contributed by atoms with Gasteiger partial charge in [-0.3, -0.25) is 4.79 Å². The van der Waals surface area contributed by atoms with Crippen LogP contribution in [0.5, 0.6) is 0 Å². The van der Waals surface area contributed by atoms with E-state index in [1.54, 1.807) is 11.3 Å². The quantitative estimate of drug-likeness (QED) is 0.729. The van der Waals surface area contributed by atoms with Crippen LogP contribution in [0, 0.1) is 12.8 Å². The topological polar surface area (TPSA) is 50.2 Å². The van der Waals surface area contributed by atoms with Gasteiger partial charge in [0.25, 0.3) is 12.3 Å². The summed E-state index contributed by atoms with van der Waals surface area (Å²) in [5, 5.41) is 9.88. The summed E-state index contributed by atoms with van der Waals surface area (Å²) in [5.74, 6) is 0.856. The van der Waals surface area contributed by atoms with Crippen molar-refractivity contribution in [2.45, 2.75) is 70.9 Å². The normalized spacial score (nSPS) is 24.6. The molecule has 1 saturated heterocycles. The molecule has 1 amide bonds. The fraction of sp³-hybridized carbons (Fsp3) is 0.636. The number of halogens is 2. The van der Waals surface area contributed by atoms with E-state index in [0.717, 1.165) is 35.5 Å². The lowest BCUT2D eigenvalue weighted by Gasteiger charge is -2.41. The first kappa shape index (κ1) is 21.3. The number of aryl methyl sites for hydroxylation is 1. The van der Waals surface area contributed by atoms with Gasteiger partial charge in [0.2, 0.25) is 0 Å². The standard InChI is InChI=1S/C22H30F2N4OS/c1-13-8-15(12-30-13)21(29)27-7-5-6-14(11-27)16-9-17(20(23)24)28-19(25-16)10-18(26-28)22(2,3)4/h8,10,12,14,16-17,20,25H,5-7,9,11H2,1-4H3/t14?,16-,17+/m0/s1. The smallest absolute Gasteiger partial charge is 0.260 e. The second kappa shape index (κ2) is 7.94. The van der Waals surface area contributed by atoms with Crippen molar-refractivity contribution in [1.29, 1.82) is 0 Å². The maximum Gasteiger partial charge on any atom is 0.260 e. The summed E-state index contributed by atoms with van der Waals surface area (Å²) in [4.78, 5) is 15.9. The largest absolute Gasteiger partial charge is 0.367 e. The van der Waals surface area contributed by atoms with Crippen molar-refractivity contribution >= 4 is 23.1 Å².